The summed E-state index contributed by atoms with van der Waals surface area (Å²) in [5.41, 5.74) is 11.1. The van der Waals surface area contributed by atoms with Crippen molar-refractivity contribution in [3.63, 3.8) is 0 Å². The first kappa shape index (κ1) is 37.1. The molecule has 26 heteroatoms. The van der Waals surface area contributed by atoms with Crippen molar-refractivity contribution in [1.82, 2.24) is 44.1 Å². The third-order valence-electron chi connectivity index (χ3n) is 9.62. The number of halogens is 1. The van der Waals surface area contributed by atoms with Crippen molar-refractivity contribution in [3.8, 4) is 0 Å². The van der Waals surface area contributed by atoms with Crippen LogP contribution in [-0.4, -0.2) is 107 Å². The number of nitrogens with zero attached hydrogens (tertiary/aromatic N) is 7. The summed E-state index contributed by atoms with van der Waals surface area (Å²) in [4.78, 5) is 57.5. The van der Waals surface area contributed by atoms with Crippen molar-refractivity contribution in [2.24, 2.45) is 0 Å². The second-order valence-electron chi connectivity index (χ2n) is 14.1. The molecule has 0 aromatic carbocycles. The number of phosphoric acid groups is 1. The SMILES string of the molecule is CC(C)(C)[Si](C)(C)OC1C2COP(=O)(O)NC3C(COP(=O)(O)OC1C(n1cnc4c(=O)[nH]c(N)nc41)O2)OC(n1cnc2c(N)ncnc21)C3F. The Morgan fingerprint density at radius 2 is 1.63 bits per heavy atom. The van der Waals surface area contributed by atoms with Gasteiger partial charge in [-0.1, -0.05) is 20.8 Å². The van der Waals surface area contributed by atoms with Crippen molar-refractivity contribution in [2.45, 2.75) is 88.0 Å². The van der Waals surface area contributed by atoms with Crippen LogP contribution in [0.3, 0.4) is 0 Å². The molecule has 0 amide bonds. The Hall–Kier alpha value is -3.25. The van der Waals surface area contributed by atoms with Crippen LogP contribution >= 0.6 is 15.6 Å². The maximum absolute atomic E-state index is 16.3. The molecule has 8 N–H and O–H groups in total. The lowest BCUT2D eigenvalue weighted by Crippen LogP contribution is -2.50. The van der Waals surface area contributed by atoms with Crippen LogP contribution in [0.1, 0.15) is 33.2 Å². The molecule has 7 heterocycles. The average Bonchev–Trinajstić information content (AvgIpc) is 3.80. The minimum absolute atomic E-state index is 0.0218. The molecular weight excluding hydrogens is 751 g/mol. The topological polar surface area (TPSA) is 301 Å². The lowest BCUT2D eigenvalue weighted by atomic mass is 10.1. The quantitative estimate of drug-likeness (QED) is 0.125. The van der Waals surface area contributed by atoms with Gasteiger partial charge in [0.2, 0.25) is 5.95 Å². The van der Waals surface area contributed by atoms with Gasteiger partial charge in [0.15, 0.2) is 49.6 Å². The largest absolute Gasteiger partial charge is 0.472 e. The van der Waals surface area contributed by atoms with Gasteiger partial charge < -0.3 is 35.2 Å². The van der Waals surface area contributed by atoms with Gasteiger partial charge in [-0.2, -0.15) is 4.98 Å². The van der Waals surface area contributed by atoms with Gasteiger partial charge in [-0.15, -0.1) is 0 Å². The van der Waals surface area contributed by atoms with E-state index in [0.29, 0.717) is 0 Å². The van der Waals surface area contributed by atoms with Crippen LogP contribution < -0.4 is 22.1 Å². The smallest absolute Gasteiger partial charge is 0.408 e. The first-order valence-electron chi connectivity index (χ1n) is 15.9. The number of ether oxygens (including phenoxy) is 2. The Bertz CT molecular complexity index is 2160. The van der Waals surface area contributed by atoms with Gasteiger partial charge >= 0.3 is 15.6 Å². The third-order valence-corrected chi connectivity index (χ3v) is 16.2. The summed E-state index contributed by atoms with van der Waals surface area (Å²) in [6, 6.07) is -1.63. The number of rotatable bonds is 4. The fraction of sp³-hybridized carbons (Fsp3) is 0.615. The van der Waals surface area contributed by atoms with Crippen molar-refractivity contribution in [3.05, 3.63) is 29.3 Å². The number of hydrogen-bond acceptors (Lipinski definition) is 16. The molecular formula is C26H38FN11O11P2Si. The molecule has 3 aliphatic rings. The number of imidazole rings is 2. The molecule has 52 heavy (non-hydrogen) atoms. The minimum Gasteiger partial charge on any atom is -0.408 e. The molecule has 4 aromatic heterocycles. The van der Waals surface area contributed by atoms with E-state index in [2.05, 4.69) is 35.0 Å². The van der Waals surface area contributed by atoms with E-state index < -0.39 is 96.8 Å². The summed E-state index contributed by atoms with van der Waals surface area (Å²) in [7, 11) is -12.8. The number of anilines is 2. The fourth-order valence-corrected chi connectivity index (χ4v) is 9.37. The number of alkyl halides is 1. The highest BCUT2D eigenvalue weighted by Crippen LogP contribution is 2.53. The zero-order chi connectivity index (χ0) is 37.5. The molecule has 2 bridgehead atoms. The van der Waals surface area contributed by atoms with Gasteiger partial charge in [0.05, 0.1) is 31.9 Å². The molecule has 3 saturated heterocycles. The number of nitrogens with two attached hydrogens (primary N) is 2. The predicted octanol–water partition coefficient (Wildman–Crippen LogP) is 1.24. The van der Waals surface area contributed by atoms with Crippen LogP contribution in [0.25, 0.3) is 22.3 Å². The number of aromatic nitrogens is 8. The molecule has 7 rings (SSSR count). The summed E-state index contributed by atoms with van der Waals surface area (Å²) in [6.45, 7) is 8.21. The molecule has 10 unspecified atom stereocenters. The molecule has 0 spiro atoms. The second kappa shape index (κ2) is 13.0. The van der Waals surface area contributed by atoms with Crippen molar-refractivity contribution in [1.29, 1.82) is 0 Å². The van der Waals surface area contributed by atoms with Crippen molar-refractivity contribution < 1.29 is 50.8 Å². The minimum atomic E-state index is -5.14. The predicted molar refractivity (Wildman–Crippen MR) is 180 cm³/mol. The Balaban J connectivity index is 1.27. The molecule has 3 fully saturated rings. The van der Waals surface area contributed by atoms with Crippen LogP contribution in [0.15, 0.2) is 23.8 Å². The molecule has 10 atom stereocenters. The summed E-state index contributed by atoms with van der Waals surface area (Å²) < 4.78 is 81.7. The summed E-state index contributed by atoms with van der Waals surface area (Å²) in [6.07, 6.45) is -6.90. The number of fused-ring (bicyclic) bond motifs is 5. The molecule has 0 saturated carbocycles. The number of phosphoric ester groups is 1. The second-order valence-corrected chi connectivity index (χ2v) is 21.8. The fourth-order valence-electron chi connectivity index (χ4n) is 6.01. The number of hydrogen-bond donors (Lipinski definition) is 6. The summed E-state index contributed by atoms with van der Waals surface area (Å²) in [5.74, 6) is -0.224. The van der Waals surface area contributed by atoms with E-state index in [1.165, 1.54) is 21.8 Å². The van der Waals surface area contributed by atoms with E-state index in [0.717, 1.165) is 6.33 Å². The van der Waals surface area contributed by atoms with Crippen LogP contribution in [0.2, 0.25) is 18.1 Å². The van der Waals surface area contributed by atoms with E-state index >= 15 is 4.39 Å². The highest BCUT2D eigenvalue weighted by atomic mass is 31.2. The highest BCUT2D eigenvalue weighted by molar-refractivity contribution is 7.50. The van der Waals surface area contributed by atoms with Gasteiger partial charge in [-0.25, -0.2) is 38.5 Å². The summed E-state index contributed by atoms with van der Waals surface area (Å²) in [5, 5.41) is 1.88. The Labute approximate surface area is 294 Å². The van der Waals surface area contributed by atoms with Crippen molar-refractivity contribution >= 4 is 58.0 Å². The monoisotopic (exact) mass is 789 g/mol. The van der Waals surface area contributed by atoms with Crippen LogP contribution in [0, 0.1) is 0 Å². The Morgan fingerprint density at radius 1 is 0.981 bits per heavy atom. The zero-order valence-electron chi connectivity index (χ0n) is 28.4. The Kier molecular flexibility index (Phi) is 9.24. The zero-order valence-corrected chi connectivity index (χ0v) is 31.2. The van der Waals surface area contributed by atoms with Gasteiger partial charge in [0, 0.05) is 0 Å². The van der Waals surface area contributed by atoms with E-state index in [1.807, 2.05) is 33.9 Å². The Morgan fingerprint density at radius 3 is 2.35 bits per heavy atom. The van der Waals surface area contributed by atoms with Crippen LogP contribution in [0.4, 0.5) is 16.2 Å². The molecule has 4 aromatic rings. The normalized spacial score (nSPS) is 34.9. The van der Waals surface area contributed by atoms with Gasteiger partial charge in [-0.3, -0.25) is 32.5 Å². The number of nitrogen functional groups attached to an aromatic ring is 2. The number of nitrogens with one attached hydrogen (secondary N) is 2. The lowest BCUT2D eigenvalue weighted by molar-refractivity contribution is -0.0563. The first-order valence-corrected chi connectivity index (χ1v) is 21.9. The number of H-pyrrole nitrogens is 1. The van der Waals surface area contributed by atoms with Gasteiger partial charge in [0.25, 0.3) is 5.56 Å². The maximum Gasteiger partial charge on any atom is 0.472 e. The van der Waals surface area contributed by atoms with Gasteiger partial charge in [-0.05, 0) is 18.1 Å². The summed E-state index contributed by atoms with van der Waals surface area (Å²) >= 11 is 0. The standard InChI is InChI=1S/C26H38FN11O11P2Si/c1-26(2,3)52(4,5)49-17-12-7-44-50(40,41)36-14-11(46-23(13(14)27)37-9-32-15-19(28)30-8-31-20(15)37)6-45-51(42,43)48-18(17)24(47-12)38-10-33-16-21(38)34-25(29)35-22(16)39/h8-14,17-18,23-24H,6-7H2,1-5H3,(H,42,43)(H2,28,30,31)(H2,36,40,41)(H3,29,34,35,39). The third kappa shape index (κ3) is 6.71. The van der Waals surface area contributed by atoms with Gasteiger partial charge in [0.1, 0.15) is 36.3 Å². The van der Waals surface area contributed by atoms with Crippen LogP contribution in [-0.2, 0) is 36.6 Å². The van der Waals surface area contributed by atoms with E-state index in [1.54, 1.807) is 0 Å². The molecule has 3 aliphatic heterocycles. The average molecular weight is 790 g/mol. The van der Waals surface area contributed by atoms with Crippen molar-refractivity contribution in [2.75, 3.05) is 24.7 Å². The number of aromatic amines is 1. The van der Waals surface area contributed by atoms with E-state index in [-0.39, 0.29) is 34.1 Å². The van der Waals surface area contributed by atoms with Crippen LogP contribution in [0.5, 0.6) is 0 Å². The van der Waals surface area contributed by atoms with E-state index in [9.17, 15) is 23.7 Å². The molecule has 22 nitrogen and oxygen atoms in total. The van der Waals surface area contributed by atoms with E-state index in [4.69, 9.17) is 38.9 Å². The molecule has 0 aliphatic carbocycles. The first-order chi connectivity index (χ1) is 24.3. The molecule has 0 radical (unpaired) electrons. The maximum atomic E-state index is 16.3. The lowest BCUT2D eigenvalue weighted by Gasteiger charge is -2.40. The molecule has 284 valence electrons. The highest BCUT2D eigenvalue weighted by Gasteiger charge is 2.56.